The van der Waals surface area contributed by atoms with E-state index in [2.05, 4.69) is 17.2 Å². The second-order valence-electron chi connectivity index (χ2n) is 5.80. The molecule has 0 saturated carbocycles. The van der Waals surface area contributed by atoms with Crippen LogP contribution in [0.25, 0.3) is 0 Å². The number of benzene rings is 1. The molecule has 0 spiro atoms. The second-order valence-corrected chi connectivity index (χ2v) is 5.80. The van der Waals surface area contributed by atoms with Crippen molar-refractivity contribution in [3.8, 4) is 11.5 Å². The molecular formula is C18H28N2O4. The summed E-state index contributed by atoms with van der Waals surface area (Å²) in [6.07, 6.45) is 1.31. The SMILES string of the molecule is CCCNCC(O)CCN=C1COCc2c1ccc(OC)c2OC. The average Bonchev–Trinajstić information content (AvgIpc) is 2.61. The van der Waals surface area contributed by atoms with E-state index < -0.39 is 0 Å². The molecule has 0 saturated heterocycles. The molecule has 1 aromatic carbocycles. The fourth-order valence-electron chi connectivity index (χ4n) is 2.76. The molecule has 0 aliphatic carbocycles. The molecule has 0 fully saturated rings. The summed E-state index contributed by atoms with van der Waals surface area (Å²) >= 11 is 0. The van der Waals surface area contributed by atoms with Gasteiger partial charge in [-0.05, 0) is 31.5 Å². The van der Waals surface area contributed by atoms with Crippen LogP contribution in [0.5, 0.6) is 11.5 Å². The molecule has 2 rings (SSSR count). The predicted octanol–water partition coefficient (Wildman–Crippen LogP) is 1.77. The first-order valence-electron chi connectivity index (χ1n) is 8.45. The van der Waals surface area contributed by atoms with Crippen molar-refractivity contribution in [1.29, 1.82) is 0 Å². The maximum Gasteiger partial charge on any atom is 0.166 e. The van der Waals surface area contributed by atoms with E-state index in [-0.39, 0.29) is 6.10 Å². The number of nitrogens with zero attached hydrogens (tertiary/aromatic N) is 1. The lowest BCUT2D eigenvalue weighted by molar-refractivity contribution is 0.148. The third-order valence-corrected chi connectivity index (χ3v) is 4.02. The fourth-order valence-corrected chi connectivity index (χ4v) is 2.76. The van der Waals surface area contributed by atoms with Gasteiger partial charge in [0, 0.05) is 24.2 Å². The summed E-state index contributed by atoms with van der Waals surface area (Å²) < 4.78 is 16.5. The molecule has 1 heterocycles. The number of rotatable bonds is 9. The lowest BCUT2D eigenvalue weighted by atomic mass is 10.00. The van der Waals surface area contributed by atoms with E-state index in [0.717, 1.165) is 29.8 Å². The Morgan fingerprint density at radius 3 is 2.83 bits per heavy atom. The zero-order valence-corrected chi connectivity index (χ0v) is 14.8. The Hall–Kier alpha value is -1.63. The summed E-state index contributed by atoms with van der Waals surface area (Å²) in [4.78, 5) is 4.63. The Labute approximate surface area is 143 Å². The summed E-state index contributed by atoms with van der Waals surface area (Å²) in [6, 6.07) is 3.89. The fraction of sp³-hybridized carbons (Fsp3) is 0.611. The predicted molar refractivity (Wildman–Crippen MR) is 94.4 cm³/mol. The molecule has 1 aliphatic heterocycles. The summed E-state index contributed by atoms with van der Waals surface area (Å²) in [5.74, 6) is 1.39. The number of ether oxygens (including phenoxy) is 3. The molecule has 134 valence electrons. The van der Waals surface area contributed by atoms with Crippen molar-refractivity contribution in [2.45, 2.75) is 32.5 Å². The van der Waals surface area contributed by atoms with Crippen LogP contribution in [0.2, 0.25) is 0 Å². The number of methoxy groups -OCH3 is 2. The van der Waals surface area contributed by atoms with Crippen LogP contribution in [0, 0.1) is 0 Å². The van der Waals surface area contributed by atoms with Crippen molar-refractivity contribution in [3.05, 3.63) is 23.3 Å². The van der Waals surface area contributed by atoms with Gasteiger partial charge in [0.25, 0.3) is 0 Å². The lowest BCUT2D eigenvalue weighted by Crippen LogP contribution is -2.28. The van der Waals surface area contributed by atoms with E-state index in [4.69, 9.17) is 14.2 Å². The van der Waals surface area contributed by atoms with Gasteiger partial charge in [0.2, 0.25) is 0 Å². The van der Waals surface area contributed by atoms with Gasteiger partial charge < -0.3 is 24.6 Å². The van der Waals surface area contributed by atoms with Crippen LogP contribution in [0.15, 0.2) is 17.1 Å². The van der Waals surface area contributed by atoms with Gasteiger partial charge in [0.05, 0.1) is 39.2 Å². The molecule has 0 aromatic heterocycles. The molecule has 6 heteroatoms. The molecule has 2 N–H and O–H groups in total. The van der Waals surface area contributed by atoms with E-state index in [1.54, 1.807) is 14.2 Å². The molecule has 6 nitrogen and oxygen atoms in total. The molecule has 0 bridgehead atoms. The highest BCUT2D eigenvalue weighted by Crippen LogP contribution is 2.35. The van der Waals surface area contributed by atoms with Crippen LogP contribution in [0.1, 0.15) is 30.9 Å². The van der Waals surface area contributed by atoms with Crippen LogP contribution in [0.3, 0.4) is 0 Å². The highest BCUT2D eigenvalue weighted by Gasteiger charge is 2.22. The molecule has 1 atom stereocenters. The monoisotopic (exact) mass is 336 g/mol. The molecule has 0 amide bonds. The van der Waals surface area contributed by atoms with Crippen molar-refractivity contribution in [3.63, 3.8) is 0 Å². The van der Waals surface area contributed by atoms with E-state index in [0.29, 0.717) is 44.2 Å². The van der Waals surface area contributed by atoms with Gasteiger partial charge in [-0.1, -0.05) is 6.92 Å². The number of hydrogen-bond acceptors (Lipinski definition) is 6. The Kier molecular flexibility index (Phi) is 7.49. The highest BCUT2D eigenvalue weighted by atomic mass is 16.5. The van der Waals surface area contributed by atoms with Gasteiger partial charge >= 0.3 is 0 Å². The number of fused-ring (bicyclic) bond motifs is 1. The van der Waals surface area contributed by atoms with Crippen molar-refractivity contribution in [2.75, 3.05) is 40.5 Å². The molecule has 0 radical (unpaired) electrons. The van der Waals surface area contributed by atoms with Crippen LogP contribution in [-0.4, -0.2) is 57.4 Å². The molecule has 1 aromatic rings. The van der Waals surface area contributed by atoms with Gasteiger partial charge in [-0.3, -0.25) is 4.99 Å². The van der Waals surface area contributed by atoms with Gasteiger partial charge in [0.1, 0.15) is 0 Å². The standard InChI is InChI=1S/C18H28N2O4/c1-4-8-19-10-13(21)7-9-20-16-12-24-11-15-14(16)5-6-17(22-2)18(15)23-3/h5-6,13,19,21H,4,7-12H2,1-3H3. The van der Waals surface area contributed by atoms with Gasteiger partial charge in [-0.2, -0.15) is 0 Å². The van der Waals surface area contributed by atoms with Crippen molar-refractivity contribution < 1.29 is 19.3 Å². The number of aliphatic hydroxyl groups is 1. The number of nitrogens with one attached hydrogen (secondary N) is 1. The zero-order chi connectivity index (χ0) is 17.4. The van der Waals surface area contributed by atoms with E-state index in [1.165, 1.54) is 0 Å². The van der Waals surface area contributed by atoms with Crippen molar-refractivity contribution >= 4 is 5.71 Å². The Morgan fingerprint density at radius 2 is 2.12 bits per heavy atom. The summed E-state index contributed by atoms with van der Waals surface area (Å²) in [5, 5.41) is 13.2. The molecule has 1 aliphatic rings. The van der Waals surface area contributed by atoms with E-state index >= 15 is 0 Å². The minimum atomic E-state index is -0.379. The van der Waals surface area contributed by atoms with Crippen LogP contribution < -0.4 is 14.8 Å². The first-order chi connectivity index (χ1) is 11.7. The lowest BCUT2D eigenvalue weighted by Gasteiger charge is -2.22. The number of hydrogen-bond donors (Lipinski definition) is 2. The normalized spacial score (nSPS) is 16.8. The Bertz CT molecular complexity index is 560. The average molecular weight is 336 g/mol. The van der Waals surface area contributed by atoms with Crippen LogP contribution >= 0.6 is 0 Å². The van der Waals surface area contributed by atoms with Crippen LogP contribution in [-0.2, 0) is 11.3 Å². The summed E-state index contributed by atoms with van der Waals surface area (Å²) in [6.45, 7) is 5.17. The molecular weight excluding hydrogens is 308 g/mol. The minimum absolute atomic E-state index is 0.379. The van der Waals surface area contributed by atoms with E-state index in [1.807, 2.05) is 12.1 Å². The maximum atomic E-state index is 9.95. The minimum Gasteiger partial charge on any atom is -0.493 e. The van der Waals surface area contributed by atoms with Crippen molar-refractivity contribution in [1.82, 2.24) is 5.32 Å². The third kappa shape index (κ3) is 4.69. The smallest absolute Gasteiger partial charge is 0.166 e. The number of aliphatic imine (C=N–C) groups is 1. The third-order valence-electron chi connectivity index (χ3n) is 4.02. The quantitative estimate of drug-likeness (QED) is 0.673. The van der Waals surface area contributed by atoms with Gasteiger partial charge in [-0.25, -0.2) is 0 Å². The number of aliphatic hydroxyl groups excluding tert-OH is 1. The van der Waals surface area contributed by atoms with Gasteiger partial charge in [-0.15, -0.1) is 0 Å². The molecule has 1 unspecified atom stereocenters. The van der Waals surface area contributed by atoms with E-state index in [9.17, 15) is 5.11 Å². The first kappa shape index (κ1) is 18.7. The summed E-state index contributed by atoms with van der Waals surface area (Å²) in [5.41, 5.74) is 2.90. The largest absolute Gasteiger partial charge is 0.493 e. The molecule has 24 heavy (non-hydrogen) atoms. The highest BCUT2D eigenvalue weighted by molar-refractivity contribution is 6.04. The van der Waals surface area contributed by atoms with Crippen molar-refractivity contribution in [2.24, 2.45) is 4.99 Å². The first-order valence-corrected chi connectivity index (χ1v) is 8.45. The Balaban J connectivity index is 2.03. The second kappa shape index (κ2) is 9.61. The Morgan fingerprint density at radius 1 is 1.29 bits per heavy atom. The summed E-state index contributed by atoms with van der Waals surface area (Å²) in [7, 11) is 3.25. The van der Waals surface area contributed by atoms with Gasteiger partial charge in [0.15, 0.2) is 11.5 Å². The topological polar surface area (TPSA) is 72.3 Å². The van der Waals surface area contributed by atoms with Crippen LogP contribution in [0.4, 0.5) is 0 Å². The zero-order valence-electron chi connectivity index (χ0n) is 14.8. The maximum absolute atomic E-state index is 9.95.